The summed E-state index contributed by atoms with van der Waals surface area (Å²) in [6.07, 6.45) is 3.50. The largest absolute Gasteiger partial charge is 0.362 e. The van der Waals surface area contributed by atoms with E-state index in [1.165, 1.54) is 4.90 Å². The van der Waals surface area contributed by atoms with Gasteiger partial charge in [-0.1, -0.05) is 29.8 Å². The van der Waals surface area contributed by atoms with E-state index in [2.05, 4.69) is 0 Å². The minimum atomic E-state index is -0.661. The maximum atomic E-state index is 12.7. The number of benzene rings is 1. The van der Waals surface area contributed by atoms with Gasteiger partial charge >= 0.3 is 0 Å². The van der Waals surface area contributed by atoms with Gasteiger partial charge in [0.15, 0.2) is 0 Å². The number of imide groups is 1. The third-order valence-electron chi connectivity index (χ3n) is 4.74. The molecule has 3 aliphatic heterocycles. The smallest absolute Gasteiger partial charge is 0.241 e. The van der Waals surface area contributed by atoms with Gasteiger partial charge in [-0.05, 0) is 31.5 Å². The van der Waals surface area contributed by atoms with E-state index in [9.17, 15) is 9.59 Å². The number of fused-ring (bicyclic) bond motifs is 5. The number of nitrogens with zero attached hydrogens (tertiary/aromatic N) is 1. The van der Waals surface area contributed by atoms with Crippen LogP contribution in [0.2, 0.25) is 5.02 Å². The standard InChI is InChI=1S/C16H14ClNO3/c1-8-3-4-9(7-10(8)17)18-14(19)12-11-5-6-16(2,21-11)13(12)15(18)20/h3-7,11-13H,1-2H3/t11-,12-,13+,16-/m1/s1. The average molecular weight is 304 g/mol. The number of ether oxygens (including phenoxy) is 1. The molecule has 5 heteroatoms. The van der Waals surface area contributed by atoms with Crippen molar-refractivity contribution in [3.63, 3.8) is 0 Å². The molecule has 2 amide bonds. The molecular weight excluding hydrogens is 290 g/mol. The second-order valence-corrected chi connectivity index (χ2v) is 6.48. The molecule has 3 heterocycles. The number of hydrogen-bond acceptors (Lipinski definition) is 3. The molecule has 0 radical (unpaired) electrons. The van der Waals surface area contributed by atoms with Crippen molar-refractivity contribution in [2.24, 2.45) is 11.8 Å². The van der Waals surface area contributed by atoms with E-state index >= 15 is 0 Å². The predicted octanol–water partition coefficient (Wildman–Crippen LogP) is 2.48. The third-order valence-corrected chi connectivity index (χ3v) is 5.15. The zero-order valence-corrected chi connectivity index (χ0v) is 12.4. The molecule has 3 aliphatic rings. The van der Waals surface area contributed by atoms with Crippen LogP contribution in [0.15, 0.2) is 30.4 Å². The Bertz CT molecular complexity index is 713. The molecule has 4 rings (SSSR count). The van der Waals surface area contributed by atoms with Gasteiger partial charge in [0, 0.05) is 5.02 Å². The van der Waals surface area contributed by atoms with Crippen LogP contribution in [0.25, 0.3) is 0 Å². The Morgan fingerprint density at radius 1 is 1.29 bits per heavy atom. The summed E-state index contributed by atoms with van der Waals surface area (Å²) in [5, 5.41) is 0.550. The Balaban J connectivity index is 1.78. The zero-order valence-electron chi connectivity index (χ0n) is 11.7. The highest BCUT2D eigenvalue weighted by Gasteiger charge is 2.66. The highest BCUT2D eigenvalue weighted by molar-refractivity contribution is 6.32. The Labute approximate surface area is 127 Å². The monoisotopic (exact) mass is 303 g/mol. The van der Waals surface area contributed by atoms with Gasteiger partial charge in [-0.3, -0.25) is 9.59 Å². The first-order valence-corrected chi connectivity index (χ1v) is 7.31. The molecule has 21 heavy (non-hydrogen) atoms. The van der Waals surface area contributed by atoms with Crippen LogP contribution >= 0.6 is 11.6 Å². The quantitative estimate of drug-likeness (QED) is 0.591. The van der Waals surface area contributed by atoms with E-state index in [4.69, 9.17) is 16.3 Å². The normalized spacial score (nSPS) is 36.7. The summed E-state index contributed by atoms with van der Waals surface area (Å²) in [6.45, 7) is 3.75. The third kappa shape index (κ3) is 1.54. The number of carbonyl (C=O) groups excluding carboxylic acids is 2. The second-order valence-electron chi connectivity index (χ2n) is 6.07. The lowest BCUT2D eigenvalue weighted by Gasteiger charge is -2.24. The van der Waals surface area contributed by atoms with Crippen molar-refractivity contribution in [1.82, 2.24) is 0 Å². The zero-order chi connectivity index (χ0) is 14.9. The van der Waals surface area contributed by atoms with Crippen LogP contribution in [0.5, 0.6) is 0 Å². The summed E-state index contributed by atoms with van der Waals surface area (Å²) in [5.74, 6) is -1.23. The molecule has 0 aromatic heterocycles. The number of amides is 2. The minimum absolute atomic E-state index is 0.192. The van der Waals surface area contributed by atoms with Gasteiger partial charge in [-0.2, -0.15) is 0 Å². The lowest BCUT2D eigenvalue weighted by Crippen LogP contribution is -2.38. The van der Waals surface area contributed by atoms with Crippen LogP contribution in [0.3, 0.4) is 0 Å². The van der Waals surface area contributed by atoms with Crippen molar-refractivity contribution >= 4 is 29.1 Å². The van der Waals surface area contributed by atoms with Gasteiger partial charge in [0.05, 0.1) is 29.2 Å². The summed E-state index contributed by atoms with van der Waals surface area (Å²) >= 11 is 6.12. The van der Waals surface area contributed by atoms with Crippen molar-refractivity contribution in [3.05, 3.63) is 40.9 Å². The number of rotatable bonds is 1. The lowest BCUT2D eigenvalue weighted by molar-refractivity contribution is -0.126. The van der Waals surface area contributed by atoms with E-state index < -0.39 is 17.4 Å². The fourth-order valence-electron chi connectivity index (χ4n) is 3.63. The Morgan fingerprint density at radius 3 is 2.71 bits per heavy atom. The second kappa shape index (κ2) is 3.96. The van der Waals surface area contributed by atoms with Gasteiger partial charge in [-0.25, -0.2) is 4.90 Å². The van der Waals surface area contributed by atoms with Crippen LogP contribution in [0, 0.1) is 18.8 Å². The molecule has 0 spiro atoms. The maximum absolute atomic E-state index is 12.7. The van der Waals surface area contributed by atoms with Crippen LogP contribution in [0.4, 0.5) is 5.69 Å². The number of halogens is 1. The molecule has 2 bridgehead atoms. The van der Waals surface area contributed by atoms with Crippen molar-refractivity contribution < 1.29 is 14.3 Å². The predicted molar refractivity (Wildman–Crippen MR) is 78.1 cm³/mol. The number of anilines is 1. The molecule has 2 saturated heterocycles. The molecule has 108 valence electrons. The maximum Gasteiger partial charge on any atom is 0.241 e. The molecule has 0 saturated carbocycles. The molecule has 1 aromatic rings. The molecule has 0 N–H and O–H groups in total. The average Bonchev–Trinajstić information content (AvgIpc) is 3.03. The van der Waals surface area contributed by atoms with Gasteiger partial charge in [0.1, 0.15) is 0 Å². The highest BCUT2D eigenvalue weighted by Crippen LogP contribution is 2.52. The Morgan fingerprint density at radius 2 is 2.05 bits per heavy atom. The minimum Gasteiger partial charge on any atom is -0.362 e. The fourth-order valence-corrected chi connectivity index (χ4v) is 3.80. The van der Waals surface area contributed by atoms with Crippen LogP contribution < -0.4 is 4.90 Å². The van der Waals surface area contributed by atoms with Gasteiger partial charge < -0.3 is 4.74 Å². The Hall–Kier alpha value is -1.65. The molecular formula is C16H14ClNO3. The summed E-state index contributed by atoms with van der Waals surface area (Å²) in [6, 6.07) is 5.25. The van der Waals surface area contributed by atoms with Crippen LogP contribution in [0.1, 0.15) is 12.5 Å². The molecule has 2 fully saturated rings. The summed E-state index contributed by atoms with van der Waals surface area (Å²) < 4.78 is 5.79. The first-order chi connectivity index (χ1) is 9.92. The molecule has 4 nitrogen and oxygen atoms in total. The van der Waals surface area contributed by atoms with Gasteiger partial charge in [0.2, 0.25) is 11.8 Å². The van der Waals surface area contributed by atoms with Crippen molar-refractivity contribution in [3.8, 4) is 0 Å². The van der Waals surface area contributed by atoms with Crippen molar-refractivity contribution in [1.29, 1.82) is 0 Å². The number of hydrogen-bond donors (Lipinski definition) is 0. The fraction of sp³-hybridized carbons (Fsp3) is 0.375. The molecule has 1 aromatic carbocycles. The number of carbonyl (C=O) groups is 2. The molecule has 0 unspecified atom stereocenters. The summed E-state index contributed by atoms with van der Waals surface area (Å²) in [5.41, 5.74) is 0.792. The number of aryl methyl sites for hydroxylation is 1. The van der Waals surface area contributed by atoms with E-state index in [1.54, 1.807) is 12.1 Å². The van der Waals surface area contributed by atoms with Crippen LogP contribution in [-0.4, -0.2) is 23.5 Å². The first-order valence-electron chi connectivity index (χ1n) is 6.93. The highest BCUT2D eigenvalue weighted by atomic mass is 35.5. The van der Waals surface area contributed by atoms with Gasteiger partial charge in [-0.15, -0.1) is 0 Å². The van der Waals surface area contributed by atoms with Gasteiger partial charge in [0.25, 0.3) is 0 Å². The van der Waals surface area contributed by atoms with E-state index in [-0.39, 0.29) is 17.9 Å². The SMILES string of the molecule is Cc1ccc(N2C(=O)[C@H]3[C@@H](C2=O)[C@@]2(C)C=C[C@H]3O2)cc1Cl. The topological polar surface area (TPSA) is 46.6 Å². The van der Waals surface area contributed by atoms with E-state index in [0.717, 1.165) is 5.56 Å². The lowest BCUT2D eigenvalue weighted by atomic mass is 9.78. The van der Waals surface area contributed by atoms with E-state index in [0.29, 0.717) is 10.7 Å². The Kier molecular flexibility index (Phi) is 2.46. The van der Waals surface area contributed by atoms with Crippen molar-refractivity contribution in [2.75, 3.05) is 4.90 Å². The summed E-state index contributed by atoms with van der Waals surface area (Å²) in [7, 11) is 0. The van der Waals surface area contributed by atoms with Crippen LogP contribution in [-0.2, 0) is 14.3 Å². The first kappa shape index (κ1) is 13.0. The molecule has 4 atom stereocenters. The summed E-state index contributed by atoms with van der Waals surface area (Å²) in [4.78, 5) is 26.7. The van der Waals surface area contributed by atoms with E-state index in [1.807, 2.05) is 32.1 Å². The van der Waals surface area contributed by atoms with Crippen molar-refractivity contribution in [2.45, 2.75) is 25.6 Å². The molecule has 0 aliphatic carbocycles.